The molecule has 0 bridgehead atoms. The predicted octanol–water partition coefficient (Wildman–Crippen LogP) is 7.94. The Kier molecular flexibility index (Phi) is 12.9. The van der Waals surface area contributed by atoms with E-state index in [0.717, 1.165) is 29.6 Å². The molecule has 1 aromatic carbocycles. The van der Waals surface area contributed by atoms with E-state index in [9.17, 15) is 0 Å². The van der Waals surface area contributed by atoms with Crippen molar-refractivity contribution in [2.24, 2.45) is 23.7 Å². The topological polar surface area (TPSA) is 24.1 Å². The molecule has 2 heterocycles. The summed E-state index contributed by atoms with van der Waals surface area (Å²) < 4.78 is 0. The van der Waals surface area contributed by atoms with Crippen LogP contribution in [0.1, 0.15) is 115 Å². The molecule has 4 rings (SSSR count). The van der Waals surface area contributed by atoms with Crippen molar-refractivity contribution in [3.8, 4) is 0 Å². The van der Waals surface area contributed by atoms with Gasteiger partial charge in [-0.2, -0.15) is 0 Å². The third kappa shape index (κ3) is 9.73. The average molecular weight is 455 g/mol. The fourth-order valence-corrected chi connectivity index (χ4v) is 6.73. The zero-order chi connectivity index (χ0) is 23.1. The quantitative estimate of drug-likeness (QED) is 0.456. The van der Waals surface area contributed by atoms with Crippen LogP contribution < -0.4 is 10.6 Å². The van der Waals surface area contributed by atoms with Crippen molar-refractivity contribution in [1.82, 2.24) is 10.6 Å². The summed E-state index contributed by atoms with van der Waals surface area (Å²) in [5.74, 6) is 4.76. The summed E-state index contributed by atoms with van der Waals surface area (Å²) in [6.45, 7) is 9.68. The van der Waals surface area contributed by atoms with Crippen LogP contribution in [0.5, 0.6) is 0 Å². The lowest BCUT2D eigenvalue weighted by atomic mass is 9.75. The second kappa shape index (κ2) is 15.9. The van der Waals surface area contributed by atoms with Gasteiger partial charge < -0.3 is 10.6 Å². The summed E-state index contributed by atoms with van der Waals surface area (Å²) in [4.78, 5) is 0. The predicted molar refractivity (Wildman–Crippen MR) is 145 cm³/mol. The van der Waals surface area contributed by atoms with Crippen molar-refractivity contribution >= 4 is 0 Å². The molecule has 0 radical (unpaired) electrons. The first-order chi connectivity index (χ1) is 16.3. The van der Waals surface area contributed by atoms with E-state index in [1.54, 1.807) is 0 Å². The highest BCUT2D eigenvalue weighted by molar-refractivity contribution is 5.19. The van der Waals surface area contributed by atoms with Crippen LogP contribution in [0.4, 0.5) is 0 Å². The van der Waals surface area contributed by atoms with Gasteiger partial charge in [0.05, 0.1) is 0 Å². The van der Waals surface area contributed by atoms with Gasteiger partial charge in [-0.3, -0.25) is 0 Å². The maximum Gasteiger partial charge on any atom is -0.00205 e. The Labute approximate surface area is 206 Å². The standard InChI is InChI=1S/C17H27N.C14H27N/c1-2-16(17-9-4-3-5-10-17)14-15-8-6-7-12-18-13-11-15;1-2-12-10-14(8-9-15-11-12)13-6-4-3-5-7-13/h3-5,9-10,15-16,18H,2,6-8,11-14H2,1H3;12-15H,2-11H2,1H3. The van der Waals surface area contributed by atoms with Crippen LogP contribution in [0.2, 0.25) is 0 Å². The summed E-state index contributed by atoms with van der Waals surface area (Å²) in [5.41, 5.74) is 1.54. The molecule has 33 heavy (non-hydrogen) atoms. The number of rotatable bonds is 6. The Morgan fingerprint density at radius 2 is 1.48 bits per heavy atom. The lowest BCUT2D eigenvalue weighted by Gasteiger charge is -2.30. The first-order valence-electron chi connectivity index (χ1n) is 14.8. The smallest absolute Gasteiger partial charge is 0.00205 e. The van der Waals surface area contributed by atoms with Gasteiger partial charge in [0.15, 0.2) is 0 Å². The van der Waals surface area contributed by atoms with Gasteiger partial charge in [-0.15, -0.1) is 0 Å². The van der Waals surface area contributed by atoms with Gasteiger partial charge in [-0.05, 0) is 99.9 Å². The fourth-order valence-electron chi connectivity index (χ4n) is 6.73. The molecule has 3 fully saturated rings. The van der Waals surface area contributed by atoms with E-state index in [1.165, 1.54) is 122 Å². The van der Waals surface area contributed by atoms with Crippen molar-refractivity contribution in [2.45, 2.75) is 110 Å². The van der Waals surface area contributed by atoms with Crippen LogP contribution in [0.15, 0.2) is 30.3 Å². The van der Waals surface area contributed by atoms with E-state index >= 15 is 0 Å². The third-order valence-electron chi connectivity index (χ3n) is 8.98. The van der Waals surface area contributed by atoms with Gasteiger partial charge in [0.1, 0.15) is 0 Å². The zero-order valence-electron chi connectivity index (χ0n) is 22.0. The fraction of sp³-hybridized carbons (Fsp3) is 0.806. The van der Waals surface area contributed by atoms with Crippen molar-refractivity contribution in [1.29, 1.82) is 0 Å². The van der Waals surface area contributed by atoms with Gasteiger partial charge >= 0.3 is 0 Å². The molecule has 3 aliphatic rings. The molecule has 2 aliphatic heterocycles. The van der Waals surface area contributed by atoms with Gasteiger partial charge in [0.25, 0.3) is 0 Å². The summed E-state index contributed by atoms with van der Waals surface area (Å²) >= 11 is 0. The van der Waals surface area contributed by atoms with Crippen molar-refractivity contribution in [3.63, 3.8) is 0 Å². The molecule has 188 valence electrons. The monoisotopic (exact) mass is 454 g/mol. The second-order valence-electron chi connectivity index (χ2n) is 11.3. The Bertz CT molecular complexity index is 586. The summed E-state index contributed by atoms with van der Waals surface area (Å²) in [6.07, 6.45) is 20.1. The van der Waals surface area contributed by atoms with Crippen LogP contribution in [0.3, 0.4) is 0 Å². The maximum absolute atomic E-state index is 3.62. The van der Waals surface area contributed by atoms with E-state index in [2.05, 4.69) is 54.8 Å². The second-order valence-corrected chi connectivity index (χ2v) is 11.3. The number of hydrogen-bond donors (Lipinski definition) is 2. The lowest BCUT2D eigenvalue weighted by molar-refractivity contribution is 0.212. The van der Waals surface area contributed by atoms with E-state index in [0.29, 0.717) is 0 Å². The van der Waals surface area contributed by atoms with Crippen molar-refractivity contribution < 1.29 is 0 Å². The molecule has 4 unspecified atom stereocenters. The molecule has 2 N–H and O–H groups in total. The summed E-state index contributed by atoms with van der Waals surface area (Å²) in [6, 6.07) is 11.1. The first-order valence-corrected chi connectivity index (χ1v) is 14.8. The highest BCUT2D eigenvalue weighted by Crippen LogP contribution is 2.36. The molecular weight excluding hydrogens is 400 g/mol. The van der Waals surface area contributed by atoms with E-state index in [4.69, 9.17) is 0 Å². The maximum atomic E-state index is 3.62. The molecule has 0 spiro atoms. The minimum Gasteiger partial charge on any atom is -0.317 e. The summed E-state index contributed by atoms with van der Waals surface area (Å²) in [7, 11) is 0. The minimum absolute atomic E-state index is 0.760. The molecule has 4 atom stereocenters. The largest absolute Gasteiger partial charge is 0.317 e. The van der Waals surface area contributed by atoms with Crippen molar-refractivity contribution in [3.05, 3.63) is 35.9 Å². The zero-order valence-corrected chi connectivity index (χ0v) is 22.0. The van der Waals surface area contributed by atoms with Crippen molar-refractivity contribution in [2.75, 3.05) is 26.2 Å². The molecule has 1 aromatic rings. The normalized spacial score (nSPS) is 28.5. The Morgan fingerprint density at radius 1 is 0.727 bits per heavy atom. The minimum atomic E-state index is 0.760. The van der Waals surface area contributed by atoms with E-state index in [-0.39, 0.29) is 0 Å². The summed E-state index contributed by atoms with van der Waals surface area (Å²) in [5, 5.41) is 7.17. The Hall–Kier alpha value is -0.860. The SMILES string of the molecule is CCC(CC1CCCCNCC1)c1ccccc1.CCC1CNCCC(C2CCCCC2)C1. The molecule has 2 heteroatoms. The van der Waals surface area contributed by atoms with E-state index < -0.39 is 0 Å². The van der Waals surface area contributed by atoms with Crippen LogP contribution in [0, 0.1) is 23.7 Å². The number of benzene rings is 1. The third-order valence-corrected chi connectivity index (χ3v) is 8.98. The Balaban J connectivity index is 0.000000189. The van der Waals surface area contributed by atoms with E-state index in [1.807, 2.05) is 0 Å². The lowest BCUT2D eigenvalue weighted by Crippen LogP contribution is -2.23. The highest BCUT2D eigenvalue weighted by Gasteiger charge is 2.27. The van der Waals surface area contributed by atoms with Crippen LogP contribution in [-0.2, 0) is 0 Å². The van der Waals surface area contributed by atoms with Gasteiger partial charge in [-0.1, -0.05) is 95.5 Å². The molecule has 2 saturated heterocycles. The Morgan fingerprint density at radius 3 is 2.24 bits per heavy atom. The molecule has 0 aromatic heterocycles. The van der Waals surface area contributed by atoms with Crippen LogP contribution in [-0.4, -0.2) is 26.2 Å². The molecule has 1 aliphatic carbocycles. The highest BCUT2D eigenvalue weighted by atomic mass is 14.9. The van der Waals surface area contributed by atoms with Gasteiger partial charge in [0.2, 0.25) is 0 Å². The molecule has 2 nitrogen and oxygen atoms in total. The van der Waals surface area contributed by atoms with Crippen LogP contribution in [0.25, 0.3) is 0 Å². The number of hydrogen-bond acceptors (Lipinski definition) is 2. The van der Waals surface area contributed by atoms with Crippen LogP contribution >= 0.6 is 0 Å². The number of nitrogens with one attached hydrogen (secondary N) is 2. The molecule has 1 saturated carbocycles. The average Bonchev–Trinajstić information content (AvgIpc) is 3.11. The first kappa shape index (κ1) is 26.7. The molecular formula is C31H54N2. The van der Waals surface area contributed by atoms with Gasteiger partial charge in [0, 0.05) is 0 Å². The molecule has 0 amide bonds. The van der Waals surface area contributed by atoms with Gasteiger partial charge in [-0.25, -0.2) is 0 Å².